The Bertz CT molecular complexity index is 931. The molecule has 0 heterocycles. The minimum atomic E-state index is -3.52. The van der Waals surface area contributed by atoms with Crippen molar-refractivity contribution in [1.82, 2.24) is 4.31 Å². The Morgan fingerprint density at radius 3 is 2.00 bits per heavy atom. The van der Waals surface area contributed by atoms with E-state index in [4.69, 9.17) is 0 Å². The third-order valence-corrected chi connectivity index (χ3v) is 6.33. The summed E-state index contributed by atoms with van der Waals surface area (Å²) in [5.74, 6) is -0.393. The van der Waals surface area contributed by atoms with Crippen molar-refractivity contribution in [2.24, 2.45) is 0 Å². The van der Waals surface area contributed by atoms with E-state index in [1.54, 1.807) is 31.3 Å². The molecule has 0 spiro atoms. The van der Waals surface area contributed by atoms with Gasteiger partial charge in [-0.15, -0.1) is 0 Å². The van der Waals surface area contributed by atoms with Crippen LogP contribution in [0.1, 0.15) is 40.5 Å². The van der Waals surface area contributed by atoms with Crippen LogP contribution in [-0.2, 0) is 10.0 Å². The molecule has 2 aromatic carbocycles. The lowest BCUT2D eigenvalue weighted by molar-refractivity contribution is 0.101. The smallest absolute Gasteiger partial charge is 0.255 e. The molecule has 7 heteroatoms. The third kappa shape index (κ3) is 3.84. The summed E-state index contributed by atoms with van der Waals surface area (Å²) in [4.78, 5) is 23.8. The first-order chi connectivity index (χ1) is 12.3. The van der Waals surface area contributed by atoms with Crippen molar-refractivity contribution in [3.8, 4) is 0 Å². The number of sulfonamides is 1. The maximum atomic E-state index is 12.5. The second-order valence-electron chi connectivity index (χ2n) is 6.36. The zero-order valence-electron chi connectivity index (χ0n) is 14.6. The number of rotatable bonds is 6. The number of anilines is 1. The largest absolute Gasteiger partial charge is 0.322 e. The monoisotopic (exact) mass is 372 g/mol. The molecule has 0 bridgehead atoms. The van der Waals surface area contributed by atoms with Crippen molar-refractivity contribution in [2.45, 2.75) is 30.7 Å². The maximum absolute atomic E-state index is 12.5. The molecule has 0 radical (unpaired) electrons. The Labute approximate surface area is 152 Å². The van der Waals surface area contributed by atoms with Gasteiger partial charge in [0, 0.05) is 29.9 Å². The summed E-state index contributed by atoms with van der Waals surface area (Å²) in [6.07, 6.45) is 1.78. The minimum Gasteiger partial charge on any atom is -0.322 e. The Balaban J connectivity index is 1.71. The molecule has 0 saturated heterocycles. The molecular formula is C19H20N2O4S. The molecule has 0 aromatic heterocycles. The van der Waals surface area contributed by atoms with Crippen LogP contribution in [0.5, 0.6) is 0 Å². The van der Waals surface area contributed by atoms with Gasteiger partial charge in [-0.05, 0) is 68.3 Å². The van der Waals surface area contributed by atoms with Gasteiger partial charge >= 0.3 is 0 Å². The van der Waals surface area contributed by atoms with Crippen molar-refractivity contribution in [1.29, 1.82) is 0 Å². The molecule has 0 unspecified atom stereocenters. The van der Waals surface area contributed by atoms with Gasteiger partial charge in [0.15, 0.2) is 5.78 Å². The molecule has 26 heavy (non-hydrogen) atoms. The predicted molar refractivity (Wildman–Crippen MR) is 98.8 cm³/mol. The zero-order valence-corrected chi connectivity index (χ0v) is 15.4. The highest BCUT2D eigenvalue weighted by molar-refractivity contribution is 7.89. The molecule has 1 aliphatic rings. The van der Waals surface area contributed by atoms with Gasteiger partial charge in [0.1, 0.15) is 0 Å². The second kappa shape index (κ2) is 7.01. The van der Waals surface area contributed by atoms with Gasteiger partial charge in [-0.25, -0.2) is 8.42 Å². The molecular weight excluding hydrogens is 352 g/mol. The van der Waals surface area contributed by atoms with E-state index in [1.165, 1.54) is 35.5 Å². The molecule has 2 aromatic rings. The van der Waals surface area contributed by atoms with Crippen LogP contribution in [0.25, 0.3) is 0 Å². The van der Waals surface area contributed by atoms with E-state index in [0.29, 0.717) is 16.8 Å². The molecule has 6 nitrogen and oxygen atoms in total. The standard InChI is InChI=1S/C19H20N2O4S/c1-13(22)14-3-7-16(8-4-14)20-19(23)15-5-11-18(12-6-15)26(24,25)21(2)17-9-10-17/h3-8,11-12,17H,9-10H2,1-2H3,(H,20,23). The van der Waals surface area contributed by atoms with Crippen molar-refractivity contribution >= 4 is 27.4 Å². The number of nitrogens with zero attached hydrogens (tertiary/aromatic N) is 1. The molecule has 136 valence electrons. The summed E-state index contributed by atoms with van der Waals surface area (Å²) in [5.41, 5.74) is 1.48. The quantitative estimate of drug-likeness (QED) is 0.790. The van der Waals surface area contributed by atoms with Crippen LogP contribution >= 0.6 is 0 Å². The van der Waals surface area contributed by atoms with Gasteiger partial charge < -0.3 is 5.32 Å². The Morgan fingerprint density at radius 2 is 1.50 bits per heavy atom. The molecule has 1 amide bonds. The van der Waals surface area contributed by atoms with Crippen LogP contribution in [-0.4, -0.2) is 37.5 Å². The van der Waals surface area contributed by atoms with Gasteiger partial charge in [0.05, 0.1) is 4.90 Å². The Morgan fingerprint density at radius 1 is 0.962 bits per heavy atom. The molecule has 1 N–H and O–H groups in total. The van der Waals surface area contributed by atoms with Gasteiger partial charge in [-0.2, -0.15) is 4.31 Å². The van der Waals surface area contributed by atoms with Gasteiger partial charge in [-0.3, -0.25) is 9.59 Å². The number of carbonyl (C=O) groups excluding carboxylic acids is 2. The van der Waals surface area contributed by atoms with Crippen molar-refractivity contribution < 1.29 is 18.0 Å². The number of Topliss-reactive ketones (excluding diaryl/α,β-unsaturated/α-hetero) is 1. The van der Waals surface area contributed by atoms with E-state index >= 15 is 0 Å². The van der Waals surface area contributed by atoms with Crippen molar-refractivity contribution in [2.75, 3.05) is 12.4 Å². The summed E-state index contributed by atoms with van der Waals surface area (Å²) in [6.45, 7) is 1.48. The summed E-state index contributed by atoms with van der Waals surface area (Å²) in [5, 5.41) is 2.72. The maximum Gasteiger partial charge on any atom is 0.255 e. The normalized spacial score (nSPS) is 14.3. The van der Waals surface area contributed by atoms with Crippen LogP contribution < -0.4 is 5.32 Å². The second-order valence-corrected chi connectivity index (χ2v) is 8.36. The van der Waals surface area contributed by atoms with Crippen LogP contribution in [0.3, 0.4) is 0 Å². The number of hydrogen-bond donors (Lipinski definition) is 1. The average Bonchev–Trinajstić information content (AvgIpc) is 3.46. The van der Waals surface area contributed by atoms with E-state index in [9.17, 15) is 18.0 Å². The van der Waals surface area contributed by atoms with E-state index in [0.717, 1.165) is 12.8 Å². The average molecular weight is 372 g/mol. The number of nitrogens with one attached hydrogen (secondary N) is 1. The van der Waals surface area contributed by atoms with Crippen LogP contribution in [0.2, 0.25) is 0 Å². The predicted octanol–water partition coefficient (Wildman–Crippen LogP) is 2.92. The molecule has 1 aliphatic carbocycles. The van der Waals surface area contributed by atoms with Gasteiger partial charge in [0.2, 0.25) is 10.0 Å². The minimum absolute atomic E-state index is 0.0455. The van der Waals surface area contributed by atoms with Crippen LogP contribution in [0.4, 0.5) is 5.69 Å². The van der Waals surface area contributed by atoms with E-state index < -0.39 is 10.0 Å². The van der Waals surface area contributed by atoms with E-state index in [-0.39, 0.29) is 22.6 Å². The number of ketones is 1. The first-order valence-electron chi connectivity index (χ1n) is 8.29. The summed E-state index contributed by atoms with van der Waals surface area (Å²) < 4.78 is 26.3. The molecule has 0 atom stereocenters. The summed E-state index contributed by atoms with van der Waals surface area (Å²) in [7, 11) is -1.94. The SMILES string of the molecule is CC(=O)c1ccc(NC(=O)c2ccc(S(=O)(=O)N(C)C3CC3)cc2)cc1. The number of benzene rings is 2. The lowest BCUT2D eigenvalue weighted by Crippen LogP contribution is -2.29. The Hall–Kier alpha value is -2.51. The highest BCUT2D eigenvalue weighted by atomic mass is 32.2. The fraction of sp³-hybridized carbons (Fsp3) is 0.263. The van der Waals surface area contributed by atoms with Gasteiger partial charge in [-0.1, -0.05) is 0 Å². The van der Waals surface area contributed by atoms with Crippen LogP contribution in [0.15, 0.2) is 53.4 Å². The van der Waals surface area contributed by atoms with Gasteiger partial charge in [0.25, 0.3) is 5.91 Å². The third-order valence-electron chi connectivity index (χ3n) is 4.40. The lowest BCUT2D eigenvalue weighted by Gasteiger charge is -2.16. The molecule has 1 fully saturated rings. The molecule has 0 aliphatic heterocycles. The lowest BCUT2D eigenvalue weighted by atomic mass is 10.1. The Kier molecular flexibility index (Phi) is 4.93. The summed E-state index contributed by atoms with van der Waals surface area (Å²) >= 11 is 0. The molecule has 1 saturated carbocycles. The van der Waals surface area contributed by atoms with Crippen molar-refractivity contribution in [3.63, 3.8) is 0 Å². The first kappa shape index (κ1) is 18.3. The highest BCUT2D eigenvalue weighted by Crippen LogP contribution is 2.30. The van der Waals surface area contributed by atoms with E-state index in [2.05, 4.69) is 5.32 Å². The number of carbonyl (C=O) groups is 2. The summed E-state index contributed by atoms with van der Waals surface area (Å²) in [6, 6.07) is 12.5. The number of amides is 1. The highest BCUT2D eigenvalue weighted by Gasteiger charge is 2.34. The fourth-order valence-corrected chi connectivity index (χ4v) is 3.99. The van der Waals surface area contributed by atoms with Crippen LogP contribution in [0, 0.1) is 0 Å². The number of hydrogen-bond acceptors (Lipinski definition) is 4. The van der Waals surface area contributed by atoms with E-state index in [1.807, 2.05) is 0 Å². The zero-order chi connectivity index (χ0) is 18.9. The molecule has 3 rings (SSSR count). The van der Waals surface area contributed by atoms with Crippen molar-refractivity contribution in [3.05, 3.63) is 59.7 Å². The fourth-order valence-electron chi connectivity index (χ4n) is 2.57. The first-order valence-corrected chi connectivity index (χ1v) is 9.73. The topological polar surface area (TPSA) is 83.5 Å².